The van der Waals surface area contributed by atoms with Crippen LogP contribution in [0.25, 0.3) is 0 Å². The molecule has 1 aromatic carbocycles. The van der Waals surface area contributed by atoms with Gasteiger partial charge in [0.25, 0.3) is 5.69 Å². The van der Waals surface area contributed by atoms with Crippen molar-refractivity contribution in [1.82, 2.24) is 0 Å². The zero-order chi connectivity index (χ0) is 14.5. The fraction of sp³-hybridized carbons (Fsp3) is 0.600. The fourth-order valence-corrected chi connectivity index (χ4v) is 3.01. The molecule has 110 valence electrons. The smallest absolute Gasteiger partial charge is 0.269 e. The Kier molecular flexibility index (Phi) is 4.95. The van der Waals surface area contributed by atoms with E-state index in [1.165, 1.54) is 25.0 Å². The highest BCUT2D eigenvalue weighted by Gasteiger charge is 2.22. The standard InChI is InChI=1S/C15H22N2O3/c1-2-13-6-4-3-5-9-16(13)15-8-7-14(17(19)20)10-12(15)11-18/h7-8,10,13,18H,2-6,9,11H2,1H3. The molecule has 0 aliphatic carbocycles. The van der Waals surface area contributed by atoms with Crippen LogP contribution >= 0.6 is 0 Å². The third-order valence-electron chi connectivity index (χ3n) is 4.10. The molecule has 20 heavy (non-hydrogen) atoms. The summed E-state index contributed by atoms with van der Waals surface area (Å²) in [5, 5.41) is 20.4. The van der Waals surface area contributed by atoms with Crippen molar-refractivity contribution < 1.29 is 10.0 Å². The zero-order valence-electron chi connectivity index (χ0n) is 11.9. The maximum Gasteiger partial charge on any atom is 0.269 e. The van der Waals surface area contributed by atoms with E-state index in [1.54, 1.807) is 6.07 Å². The molecule has 1 saturated heterocycles. The van der Waals surface area contributed by atoms with Crippen LogP contribution < -0.4 is 4.90 Å². The molecular formula is C15H22N2O3. The van der Waals surface area contributed by atoms with Gasteiger partial charge in [-0.2, -0.15) is 0 Å². The van der Waals surface area contributed by atoms with Gasteiger partial charge in [0.2, 0.25) is 0 Å². The van der Waals surface area contributed by atoms with Crippen LogP contribution in [0.2, 0.25) is 0 Å². The second-order valence-corrected chi connectivity index (χ2v) is 5.33. The molecule has 5 nitrogen and oxygen atoms in total. The van der Waals surface area contributed by atoms with Crippen molar-refractivity contribution in [3.05, 3.63) is 33.9 Å². The van der Waals surface area contributed by atoms with Gasteiger partial charge in [-0.05, 0) is 25.3 Å². The minimum Gasteiger partial charge on any atom is -0.392 e. The molecule has 1 unspecified atom stereocenters. The predicted octanol–water partition coefficient (Wildman–Crippen LogP) is 3.25. The van der Waals surface area contributed by atoms with Crippen molar-refractivity contribution in [2.24, 2.45) is 0 Å². The van der Waals surface area contributed by atoms with E-state index in [4.69, 9.17) is 0 Å². The normalized spacial score (nSPS) is 19.7. The van der Waals surface area contributed by atoms with Crippen LogP contribution in [-0.2, 0) is 6.61 Å². The van der Waals surface area contributed by atoms with Gasteiger partial charge >= 0.3 is 0 Å². The number of hydrogen-bond donors (Lipinski definition) is 1. The first-order chi connectivity index (χ1) is 9.67. The fourth-order valence-electron chi connectivity index (χ4n) is 3.01. The summed E-state index contributed by atoms with van der Waals surface area (Å²) >= 11 is 0. The average Bonchev–Trinajstić information content (AvgIpc) is 2.71. The molecule has 1 aromatic rings. The van der Waals surface area contributed by atoms with Crippen molar-refractivity contribution >= 4 is 11.4 Å². The number of hydrogen-bond acceptors (Lipinski definition) is 4. The maximum absolute atomic E-state index is 10.8. The summed E-state index contributed by atoms with van der Waals surface area (Å²) in [6.45, 7) is 2.97. The molecule has 1 fully saturated rings. The zero-order valence-corrected chi connectivity index (χ0v) is 11.9. The van der Waals surface area contributed by atoms with E-state index >= 15 is 0 Å². The van der Waals surface area contributed by atoms with Gasteiger partial charge in [0.05, 0.1) is 11.5 Å². The topological polar surface area (TPSA) is 66.6 Å². The Morgan fingerprint density at radius 2 is 2.20 bits per heavy atom. The van der Waals surface area contributed by atoms with Crippen LogP contribution in [0.15, 0.2) is 18.2 Å². The van der Waals surface area contributed by atoms with Crippen LogP contribution in [-0.4, -0.2) is 22.6 Å². The molecular weight excluding hydrogens is 256 g/mol. The highest BCUT2D eigenvalue weighted by atomic mass is 16.6. The first kappa shape index (κ1) is 14.8. The number of non-ortho nitro benzene ring substituents is 1. The minimum absolute atomic E-state index is 0.0423. The molecule has 1 atom stereocenters. The third-order valence-corrected chi connectivity index (χ3v) is 4.10. The predicted molar refractivity (Wildman–Crippen MR) is 78.9 cm³/mol. The number of nitro benzene ring substituents is 1. The maximum atomic E-state index is 10.8. The molecule has 0 aromatic heterocycles. The quantitative estimate of drug-likeness (QED) is 0.678. The molecule has 0 saturated carbocycles. The number of rotatable bonds is 4. The third kappa shape index (κ3) is 3.10. The van der Waals surface area contributed by atoms with Crippen LogP contribution in [0, 0.1) is 10.1 Å². The molecule has 0 amide bonds. The minimum atomic E-state index is -0.414. The average molecular weight is 278 g/mol. The molecule has 1 aliphatic rings. The highest BCUT2D eigenvalue weighted by molar-refractivity contribution is 5.58. The van der Waals surface area contributed by atoms with E-state index in [9.17, 15) is 15.2 Å². The van der Waals surface area contributed by atoms with Crippen molar-refractivity contribution in [3.8, 4) is 0 Å². The lowest BCUT2D eigenvalue weighted by Gasteiger charge is -2.32. The summed E-state index contributed by atoms with van der Waals surface area (Å²) in [5.74, 6) is 0. The van der Waals surface area contributed by atoms with Crippen molar-refractivity contribution in [2.45, 2.75) is 51.7 Å². The van der Waals surface area contributed by atoms with Gasteiger partial charge in [0, 0.05) is 36.0 Å². The van der Waals surface area contributed by atoms with Crippen LogP contribution in [0.1, 0.15) is 44.6 Å². The summed E-state index contributed by atoms with van der Waals surface area (Å²) in [6.07, 6.45) is 5.81. The monoisotopic (exact) mass is 278 g/mol. The lowest BCUT2D eigenvalue weighted by molar-refractivity contribution is -0.384. The SMILES string of the molecule is CCC1CCCCCN1c1ccc([N+](=O)[O-])cc1CO. The second kappa shape index (κ2) is 6.70. The van der Waals surface area contributed by atoms with E-state index in [0.717, 1.165) is 31.5 Å². The van der Waals surface area contributed by atoms with Gasteiger partial charge in [-0.15, -0.1) is 0 Å². The number of nitrogens with zero attached hydrogens (tertiary/aromatic N) is 2. The lowest BCUT2D eigenvalue weighted by Crippen LogP contribution is -2.35. The molecule has 0 radical (unpaired) electrons. The van der Waals surface area contributed by atoms with Crippen LogP contribution in [0.5, 0.6) is 0 Å². The van der Waals surface area contributed by atoms with Crippen LogP contribution in [0.4, 0.5) is 11.4 Å². The van der Waals surface area contributed by atoms with Crippen LogP contribution in [0.3, 0.4) is 0 Å². The van der Waals surface area contributed by atoms with E-state index in [-0.39, 0.29) is 12.3 Å². The number of aliphatic hydroxyl groups excluding tert-OH is 1. The largest absolute Gasteiger partial charge is 0.392 e. The van der Waals surface area contributed by atoms with Gasteiger partial charge in [0.15, 0.2) is 0 Å². The molecule has 1 aliphatic heterocycles. The molecule has 0 spiro atoms. The summed E-state index contributed by atoms with van der Waals surface area (Å²) in [6, 6.07) is 5.28. The molecule has 2 rings (SSSR count). The van der Waals surface area contributed by atoms with Crippen molar-refractivity contribution in [2.75, 3.05) is 11.4 Å². The Morgan fingerprint density at radius 1 is 1.40 bits per heavy atom. The van der Waals surface area contributed by atoms with E-state index in [2.05, 4.69) is 11.8 Å². The van der Waals surface area contributed by atoms with Gasteiger partial charge in [-0.25, -0.2) is 0 Å². The molecule has 5 heteroatoms. The number of nitro groups is 1. The Morgan fingerprint density at radius 3 is 2.85 bits per heavy atom. The van der Waals surface area contributed by atoms with Gasteiger partial charge < -0.3 is 10.0 Å². The summed E-state index contributed by atoms with van der Waals surface area (Å²) < 4.78 is 0. The molecule has 0 bridgehead atoms. The summed E-state index contributed by atoms with van der Waals surface area (Å²) in [5.41, 5.74) is 1.65. The van der Waals surface area contributed by atoms with Crippen molar-refractivity contribution in [3.63, 3.8) is 0 Å². The highest BCUT2D eigenvalue weighted by Crippen LogP contribution is 2.31. The van der Waals surface area contributed by atoms with E-state index < -0.39 is 4.92 Å². The first-order valence-corrected chi connectivity index (χ1v) is 7.32. The van der Waals surface area contributed by atoms with Gasteiger partial charge in [-0.1, -0.05) is 19.8 Å². The second-order valence-electron chi connectivity index (χ2n) is 5.33. The van der Waals surface area contributed by atoms with Gasteiger partial charge in [0.1, 0.15) is 0 Å². The Bertz CT molecular complexity index is 476. The molecule has 1 heterocycles. The number of aliphatic hydroxyl groups is 1. The first-order valence-electron chi connectivity index (χ1n) is 7.32. The number of benzene rings is 1. The lowest BCUT2D eigenvalue weighted by atomic mass is 10.0. The number of anilines is 1. The van der Waals surface area contributed by atoms with Gasteiger partial charge in [-0.3, -0.25) is 10.1 Å². The van der Waals surface area contributed by atoms with E-state index in [0.29, 0.717) is 11.6 Å². The van der Waals surface area contributed by atoms with E-state index in [1.807, 2.05) is 0 Å². The van der Waals surface area contributed by atoms with Crippen molar-refractivity contribution in [1.29, 1.82) is 0 Å². The Balaban J connectivity index is 2.36. The summed E-state index contributed by atoms with van der Waals surface area (Å²) in [7, 11) is 0. The summed E-state index contributed by atoms with van der Waals surface area (Å²) in [4.78, 5) is 12.8. The molecule has 1 N–H and O–H groups in total. The Labute approximate surface area is 119 Å². The Hall–Kier alpha value is -1.62.